The molecule has 0 amide bonds. The van der Waals surface area contributed by atoms with Gasteiger partial charge in [-0.05, 0) is 32.6 Å². The van der Waals surface area contributed by atoms with Crippen molar-refractivity contribution in [2.24, 2.45) is 7.05 Å². The van der Waals surface area contributed by atoms with Gasteiger partial charge in [-0.3, -0.25) is 4.68 Å². The first kappa shape index (κ1) is 14.9. The second kappa shape index (κ2) is 5.97. The van der Waals surface area contributed by atoms with Gasteiger partial charge in [-0.1, -0.05) is 12.8 Å². The van der Waals surface area contributed by atoms with Crippen LogP contribution in [0.2, 0.25) is 0 Å². The van der Waals surface area contributed by atoms with Crippen LogP contribution in [0.4, 0.5) is 5.82 Å². The average Bonchev–Trinajstić information content (AvgIpc) is 3.22. The number of nitrogens with one attached hydrogen (secondary N) is 1. The molecule has 0 aromatic carbocycles. The van der Waals surface area contributed by atoms with Crippen LogP contribution in [0.5, 0.6) is 0 Å². The molecule has 1 aromatic rings. The first-order chi connectivity index (χ1) is 10.1. The molecular weight excluding hydrogens is 264 g/mol. The van der Waals surface area contributed by atoms with Gasteiger partial charge in [-0.2, -0.15) is 5.10 Å². The molecule has 0 bridgehead atoms. The molecule has 0 aliphatic heterocycles. The van der Waals surface area contributed by atoms with Gasteiger partial charge in [-0.15, -0.1) is 0 Å². The first-order valence-electron chi connectivity index (χ1n) is 8.24. The van der Waals surface area contributed by atoms with Gasteiger partial charge >= 0.3 is 0 Å². The standard InChI is InChI=1S/C16H28N4O/c1-11-13(10-17-12-8-9-12)16(20(3)18-11)19(2)14-6-4-5-7-15(14)21/h12,14-15,17,21H,4-10H2,1-3H3. The lowest BCUT2D eigenvalue weighted by molar-refractivity contribution is 0.105. The Hall–Kier alpha value is -1.07. The average molecular weight is 292 g/mol. The van der Waals surface area contributed by atoms with Crippen LogP contribution in [-0.4, -0.2) is 40.1 Å². The number of aromatic nitrogens is 2. The third-order valence-corrected chi connectivity index (χ3v) is 4.98. The summed E-state index contributed by atoms with van der Waals surface area (Å²) in [5.74, 6) is 1.16. The Bertz CT molecular complexity index is 495. The minimum absolute atomic E-state index is 0.216. The molecule has 2 saturated carbocycles. The Kier molecular flexibility index (Phi) is 4.22. The highest BCUT2D eigenvalue weighted by atomic mass is 16.3. The molecule has 1 heterocycles. The molecule has 0 spiro atoms. The van der Waals surface area contributed by atoms with Gasteiger partial charge in [0.2, 0.25) is 0 Å². The molecule has 2 aliphatic carbocycles. The quantitative estimate of drug-likeness (QED) is 0.867. The smallest absolute Gasteiger partial charge is 0.131 e. The second-order valence-corrected chi connectivity index (χ2v) is 6.70. The van der Waals surface area contributed by atoms with Gasteiger partial charge in [0.25, 0.3) is 0 Å². The van der Waals surface area contributed by atoms with E-state index in [1.807, 2.05) is 11.7 Å². The molecule has 118 valence electrons. The van der Waals surface area contributed by atoms with Crippen LogP contribution >= 0.6 is 0 Å². The highest BCUT2D eigenvalue weighted by Crippen LogP contribution is 2.30. The van der Waals surface area contributed by atoms with E-state index in [1.54, 1.807) is 0 Å². The summed E-state index contributed by atoms with van der Waals surface area (Å²) in [5.41, 5.74) is 2.38. The van der Waals surface area contributed by atoms with Crippen molar-refractivity contribution in [2.75, 3.05) is 11.9 Å². The summed E-state index contributed by atoms with van der Waals surface area (Å²) in [6, 6.07) is 0.913. The number of anilines is 1. The number of nitrogens with zero attached hydrogens (tertiary/aromatic N) is 3. The summed E-state index contributed by atoms with van der Waals surface area (Å²) in [5, 5.41) is 18.5. The van der Waals surface area contributed by atoms with Crippen LogP contribution < -0.4 is 10.2 Å². The van der Waals surface area contributed by atoms with E-state index in [0.29, 0.717) is 6.04 Å². The monoisotopic (exact) mass is 292 g/mol. The van der Waals surface area contributed by atoms with Crippen LogP contribution in [0, 0.1) is 6.92 Å². The summed E-state index contributed by atoms with van der Waals surface area (Å²) in [6.07, 6.45) is 6.71. The minimum Gasteiger partial charge on any atom is -0.391 e. The van der Waals surface area contributed by atoms with Crippen molar-refractivity contribution < 1.29 is 5.11 Å². The van der Waals surface area contributed by atoms with Crippen LogP contribution in [0.1, 0.15) is 49.8 Å². The zero-order valence-electron chi connectivity index (χ0n) is 13.5. The molecular formula is C16H28N4O. The van der Waals surface area contributed by atoms with Crippen molar-refractivity contribution in [1.82, 2.24) is 15.1 Å². The third-order valence-electron chi connectivity index (χ3n) is 4.98. The predicted molar refractivity (Wildman–Crippen MR) is 84.5 cm³/mol. The van der Waals surface area contributed by atoms with E-state index in [4.69, 9.17) is 0 Å². The number of likely N-dealkylation sites (N-methyl/N-ethyl adjacent to an activating group) is 1. The fraction of sp³-hybridized carbons (Fsp3) is 0.812. The fourth-order valence-electron chi connectivity index (χ4n) is 3.57. The molecule has 3 rings (SSSR count). The summed E-state index contributed by atoms with van der Waals surface area (Å²) in [6.45, 7) is 2.96. The highest BCUT2D eigenvalue weighted by Gasteiger charge is 2.30. The number of aryl methyl sites for hydroxylation is 2. The Labute approximate surface area is 127 Å². The van der Waals surface area contributed by atoms with Gasteiger partial charge in [0.15, 0.2) is 0 Å². The van der Waals surface area contributed by atoms with Crippen molar-refractivity contribution >= 4 is 5.82 Å². The van der Waals surface area contributed by atoms with Gasteiger partial charge in [0.1, 0.15) is 5.82 Å². The van der Waals surface area contributed by atoms with E-state index < -0.39 is 0 Å². The molecule has 2 fully saturated rings. The zero-order chi connectivity index (χ0) is 15.0. The molecule has 2 atom stereocenters. The maximum Gasteiger partial charge on any atom is 0.131 e. The summed E-state index contributed by atoms with van der Waals surface area (Å²) in [7, 11) is 4.12. The van der Waals surface area contributed by atoms with Crippen molar-refractivity contribution in [1.29, 1.82) is 0 Å². The van der Waals surface area contributed by atoms with Crippen LogP contribution in [0.15, 0.2) is 0 Å². The largest absolute Gasteiger partial charge is 0.391 e. The number of hydrogen-bond donors (Lipinski definition) is 2. The maximum absolute atomic E-state index is 10.3. The van der Waals surface area contributed by atoms with E-state index in [2.05, 4.69) is 29.3 Å². The minimum atomic E-state index is -0.219. The lowest BCUT2D eigenvalue weighted by atomic mass is 9.91. The summed E-state index contributed by atoms with van der Waals surface area (Å²) >= 11 is 0. The first-order valence-corrected chi connectivity index (χ1v) is 8.24. The lowest BCUT2D eigenvalue weighted by Gasteiger charge is -2.37. The number of aliphatic hydroxyl groups is 1. The summed E-state index contributed by atoms with van der Waals surface area (Å²) < 4.78 is 1.97. The Balaban J connectivity index is 1.81. The molecule has 21 heavy (non-hydrogen) atoms. The van der Waals surface area contributed by atoms with E-state index in [-0.39, 0.29) is 12.1 Å². The fourth-order valence-corrected chi connectivity index (χ4v) is 3.57. The van der Waals surface area contributed by atoms with Crippen molar-refractivity contribution in [3.63, 3.8) is 0 Å². The molecule has 1 aromatic heterocycles. The van der Waals surface area contributed by atoms with Crippen LogP contribution in [0.3, 0.4) is 0 Å². The highest BCUT2D eigenvalue weighted by molar-refractivity contribution is 5.50. The van der Waals surface area contributed by atoms with E-state index in [0.717, 1.165) is 37.3 Å². The van der Waals surface area contributed by atoms with E-state index >= 15 is 0 Å². The van der Waals surface area contributed by atoms with Crippen molar-refractivity contribution in [2.45, 2.75) is 70.2 Å². The number of hydrogen-bond acceptors (Lipinski definition) is 4. The Morgan fingerprint density at radius 2 is 2.00 bits per heavy atom. The van der Waals surface area contributed by atoms with Gasteiger partial charge in [0.05, 0.1) is 17.8 Å². The number of rotatable bonds is 5. The third kappa shape index (κ3) is 3.09. The molecule has 2 unspecified atom stereocenters. The Morgan fingerprint density at radius 1 is 1.29 bits per heavy atom. The van der Waals surface area contributed by atoms with Crippen molar-refractivity contribution in [3.05, 3.63) is 11.3 Å². The lowest BCUT2D eigenvalue weighted by Crippen LogP contribution is -2.44. The molecule has 5 heteroatoms. The molecule has 0 radical (unpaired) electrons. The normalized spacial score (nSPS) is 26.1. The van der Waals surface area contributed by atoms with E-state index in [9.17, 15) is 5.11 Å². The second-order valence-electron chi connectivity index (χ2n) is 6.70. The molecule has 2 N–H and O–H groups in total. The van der Waals surface area contributed by atoms with Crippen molar-refractivity contribution in [3.8, 4) is 0 Å². The van der Waals surface area contributed by atoms with Gasteiger partial charge in [0, 0.05) is 32.2 Å². The molecule has 0 saturated heterocycles. The van der Waals surface area contributed by atoms with Crippen LogP contribution in [-0.2, 0) is 13.6 Å². The topological polar surface area (TPSA) is 53.3 Å². The SMILES string of the molecule is Cc1nn(C)c(N(C)C2CCCCC2O)c1CNC1CC1. The van der Waals surface area contributed by atoms with Gasteiger partial charge in [-0.25, -0.2) is 0 Å². The molecule has 2 aliphatic rings. The Morgan fingerprint density at radius 3 is 2.67 bits per heavy atom. The maximum atomic E-state index is 10.3. The van der Waals surface area contributed by atoms with Gasteiger partial charge < -0.3 is 15.3 Å². The summed E-state index contributed by atoms with van der Waals surface area (Å²) in [4.78, 5) is 2.26. The zero-order valence-corrected chi connectivity index (χ0v) is 13.5. The van der Waals surface area contributed by atoms with Crippen LogP contribution in [0.25, 0.3) is 0 Å². The van der Waals surface area contributed by atoms with E-state index in [1.165, 1.54) is 24.8 Å². The predicted octanol–water partition coefficient (Wildman–Crippen LogP) is 1.72. The number of aliphatic hydroxyl groups excluding tert-OH is 1. The molecule has 5 nitrogen and oxygen atoms in total.